The Morgan fingerprint density at radius 3 is 2.59 bits per heavy atom. The molecule has 0 bridgehead atoms. The Morgan fingerprint density at radius 1 is 1.05 bits per heavy atom. The molecule has 0 aliphatic carbocycles. The van der Waals surface area contributed by atoms with Crippen LogP contribution in [0.4, 0.5) is 11.8 Å². The third-order valence-electron chi connectivity index (χ3n) is 4.24. The number of fused-ring (bicyclic) bond motifs is 1. The Bertz CT molecular complexity index is 659. The van der Waals surface area contributed by atoms with Crippen molar-refractivity contribution >= 4 is 22.9 Å². The first kappa shape index (κ1) is 13.7. The van der Waals surface area contributed by atoms with Gasteiger partial charge in [-0.15, -0.1) is 0 Å². The SMILES string of the molecule is Cn1cnc2c(N3CCNCC3)nc(N3CCOCC3)nc21. The van der Waals surface area contributed by atoms with E-state index in [9.17, 15) is 0 Å². The quantitative estimate of drug-likeness (QED) is 0.810. The topological polar surface area (TPSA) is 71.3 Å². The van der Waals surface area contributed by atoms with Gasteiger partial charge >= 0.3 is 0 Å². The lowest BCUT2D eigenvalue weighted by Crippen LogP contribution is -2.44. The second kappa shape index (κ2) is 5.69. The van der Waals surface area contributed by atoms with Crippen LogP contribution in [0.3, 0.4) is 0 Å². The third-order valence-corrected chi connectivity index (χ3v) is 4.24. The smallest absolute Gasteiger partial charge is 0.229 e. The second-order valence-corrected chi connectivity index (χ2v) is 5.71. The molecule has 1 N–H and O–H groups in total. The lowest BCUT2D eigenvalue weighted by Gasteiger charge is -2.31. The minimum atomic E-state index is 0.732. The average Bonchev–Trinajstić information content (AvgIpc) is 2.97. The van der Waals surface area contributed by atoms with Gasteiger partial charge in [0.1, 0.15) is 0 Å². The molecule has 2 aliphatic rings. The summed E-state index contributed by atoms with van der Waals surface area (Å²) in [5, 5.41) is 3.38. The van der Waals surface area contributed by atoms with Crippen molar-refractivity contribution in [1.82, 2.24) is 24.8 Å². The van der Waals surface area contributed by atoms with Crippen LogP contribution >= 0.6 is 0 Å². The molecule has 0 unspecified atom stereocenters. The van der Waals surface area contributed by atoms with E-state index in [1.807, 2.05) is 17.9 Å². The molecule has 2 fully saturated rings. The summed E-state index contributed by atoms with van der Waals surface area (Å²) in [7, 11) is 1.98. The van der Waals surface area contributed by atoms with Crippen molar-refractivity contribution < 1.29 is 4.74 Å². The molecule has 0 radical (unpaired) electrons. The van der Waals surface area contributed by atoms with Crippen LogP contribution in [0.2, 0.25) is 0 Å². The highest BCUT2D eigenvalue weighted by molar-refractivity contribution is 5.85. The van der Waals surface area contributed by atoms with Crippen LogP contribution in [0, 0.1) is 0 Å². The van der Waals surface area contributed by atoms with Crippen LogP contribution in [-0.4, -0.2) is 72.0 Å². The van der Waals surface area contributed by atoms with Gasteiger partial charge < -0.3 is 24.4 Å². The van der Waals surface area contributed by atoms with Gasteiger partial charge in [-0.25, -0.2) is 4.98 Å². The number of morpholine rings is 1. The summed E-state index contributed by atoms with van der Waals surface area (Å²) in [6.07, 6.45) is 1.81. The van der Waals surface area contributed by atoms with Crippen LogP contribution in [0.15, 0.2) is 6.33 Å². The second-order valence-electron chi connectivity index (χ2n) is 5.71. The van der Waals surface area contributed by atoms with Crippen LogP contribution in [0.25, 0.3) is 11.2 Å². The molecular weight excluding hydrogens is 282 g/mol. The van der Waals surface area contributed by atoms with E-state index >= 15 is 0 Å². The van der Waals surface area contributed by atoms with E-state index < -0.39 is 0 Å². The maximum atomic E-state index is 5.43. The number of hydrogen-bond acceptors (Lipinski definition) is 7. The number of nitrogens with one attached hydrogen (secondary N) is 1. The Hall–Kier alpha value is -1.93. The number of anilines is 2. The molecule has 8 heteroatoms. The molecular formula is C14H21N7O. The number of piperazine rings is 1. The summed E-state index contributed by atoms with van der Waals surface area (Å²) < 4.78 is 7.40. The molecule has 0 amide bonds. The number of rotatable bonds is 2. The minimum Gasteiger partial charge on any atom is -0.378 e. The van der Waals surface area contributed by atoms with E-state index in [0.717, 1.165) is 75.4 Å². The van der Waals surface area contributed by atoms with Gasteiger partial charge in [-0.1, -0.05) is 0 Å². The summed E-state index contributed by atoms with van der Waals surface area (Å²) in [6, 6.07) is 0. The van der Waals surface area contributed by atoms with Gasteiger partial charge in [0.25, 0.3) is 0 Å². The molecule has 118 valence electrons. The zero-order valence-electron chi connectivity index (χ0n) is 12.8. The summed E-state index contributed by atoms with van der Waals surface area (Å²) in [5.41, 5.74) is 1.78. The molecule has 0 saturated carbocycles. The monoisotopic (exact) mass is 303 g/mol. The van der Waals surface area contributed by atoms with E-state index in [-0.39, 0.29) is 0 Å². The van der Waals surface area contributed by atoms with Crippen LogP contribution < -0.4 is 15.1 Å². The van der Waals surface area contributed by atoms with Gasteiger partial charge in [0, 0.05) is 46.3 Å². The lowest BCUT2D eigenvalue weighted by molar-refractivity contribution is 0.122. The van der Waals surface area contributed by atoms with Crippen molar-refractivity contribution in [2.24, 2.45) is 7.05 Å². The van der Waals surface area contributed by atoms with E-state index in [2.05, 4.69) is 20.1 Å². The molecule has 0 aromatic carbocycles. The summed E-state index contributed by atoms with van der Waals surface area (Å²) in [5.74, 6) is 1.74. The molecule has 0 atom stereocenters. The highest BCUT2D eigenvalue weighted by Crippen LogP contribution is 2.25. The first-order chi connectivity index (χ1) is 10.8. The molecule has 2 aliphatic heterocycles. The number of hydrogen-bond donors (Lipinski definition) is 1. The van der Waals surface area contributed by atoms with E-state index in [0.29, 0.717) is 0 Å². The predicted octanol–water partition coefficient (Wildman–Crippen LogP) is -0.390. The van der Waals surface area contributed by atoms with Gasteiger partial charge in [-0.05, 0) is 0 Å². The fourth-order valence-corrected chi connectivity index (χ4v) is 2.98. The van der Waals surface area contributed by atoms with Gasteiger partial charge in [-0.2, -0.15) is 9.97 Å². The Kier molecular flexibility index (Phi) is 3.55. The largest absolute Gasteiger partial charge is 0.378 e. The molecule has 4 rings (SSSR count). The standard InChI is InChI=1S/C14H21N7O/c1-19-10-16-11-12(19)17-14(21-6-8-22-9-7-21)18-13(11)20-4-2-15-3-5-20/h10,15H,2-9H2,1H3. The maximum absolute atomic E-state index is 5.43. The van der Waals surface area contributed by atoms with Crippen LogP contribution in [0.5, 0.6) is 0 Å². The van der Waals surface area contributed by atoms with Crippen LogP contribution in [-0.2, 0) is 11.8 Å². The number of imidazole rings is 1. The number of ether oxygens (including phenoxy) is 1. The molecule has 2 saturated heterocycles. The minimum absolute atomic E-state index is 0.732. The van der Waals surface area contributed by atoms with E-state index in [1.54, 1.807) is 0 Å². The van der Waals surface area contributed by atoms with Gasteiger partial charge in [-0.3, -0.25) is 0 Å². The molecule has 22 heavy (non-hydrogen) atoms. The van der Waals surface area contributed by atoms with Gasteiger partial charge in [0.2, 0.25) is 5.95 Å². The normalized spacial score (nSPS) is 19.9. The first-order valence-electron chi connectivity index (χ1n) is 7.80. The molecule has 8 nitrogen and oxygen atoms in total. The Balaban J connectivity index is 1.78. The van der Waals surface area contributed by atoms with Gasteiger partial charge in [0.15, 0.2) is 17.0 Å². The Labute approximate surface area is 129 Å². The van der Waals surface area contributed by atoms with Crippen molar-refractivity contribution in [2.75, 3.05) is 62.3 Å². The maximum Gasteiger partial charge on any atom is 0.229 e. The fraction of sp³-hybridized carbons (Fsp3) is 0.643. The van der Waals surface area contributed by atoms with E-state index in [4.69, 9.17) is 14.7 Å². The van der Waals surface area contributed by atoms with Gasteiger partial charge in [0.05, 0.1) is 19.5 Å². The third kappa shape index (κ3) is 2.38. The molecule has 0 spiro atoms. The Morgan fingerprint density at radius 2 is 1.82 bits per heavy atom. The molecule has 2 aromatic heterocycles. The van der Waals surface area contributed by atoms with Crippen molar-refractivity contribution in [3.05, 3.63) is 6.33 Å². The predicted molar refractivity (Wildman–Crippen MR) is 84.4 cm³/mol. The summed E-state index contributed by atoms with van der Waals surface area (Å²) >= 11 is 0. The number of nitrogens with zero attached hydrogens (tertiary/aromatic N) is 6. The van der Waals surface area contributed by atoms with Crippen molar-refractivity contribution in [3.63, 3.8) is 0 Å². The first-order valence-corrected chi connectivity index (χ1v) is 7.80. The zero-order chi connectivity index (χ0) is 14.9. The van der Waals surface area contributed by atoms with Crippen molar-refractivity contribution in [1.29, 1.82) is 0 Å². The van der Waals surface area contributed by atoms with Crippen molar-refractivity contribution in [2.45, 2.75) is 0 Å². The zero-order valence-corrected chi connectivity index (χ0v) is 12.8. The number of aryl methyl sites for hydroxylation is 1. The lowest BCUT2D eigenvalue weighted by atomic mass is 10.3. The van der Waals surface area contributed by atoms with Crippen molar-refractivity contribution in [3.8, 4) is 0 Å². The van der Waals surface area contributed by atoms with Crippen LogP contribution in [0.1, 0.15) is 0 Å². The fourth-order valence-electron chi connectivity index (χ4n) is 2.98. The van der Waals surface area contributed by atoms with E-state index in [1.165, 1.54) is 0 Å². The molecule has 2 aromatic rings. The number of aromatic nitrogens is 4. The summed E-state index contributed by atoms with van der Waals surface area (Å²) in [4.78, 5) is 18.6. The highest BCUT2D eigenvalue weighted by atomic mass is 16.5. The highest BCUT2D eigenvalue weighted by Gasteiger charge is 2.22. The average molecular weight is 303 g/mol. The molecule has 4 heterocycles. The summed E-state index contributed by atoms with van der Waals surface area (Å²) in [6.45, 7) is 6.99.